The van der Waals surface area contributed by atoms with Crippen molar-refractivity contribution in [3.63, 3.8) is 0 Å². The molecule has 1 aromatic heterocycles. The average molecular weight is 336 g/mol. The molecule has 3 rings (SSSR count). The zero-order valence-corrected chi connectivity index (χ0v) is 13.1. The lowest BCUT2D eigenvalue weighted by atomic mass is 9.84. The molecule has 0 amide bonds. The second-order valence-electron chi connectivity index (χ2n) is 5.44. The SMILES string of the molecule is COC(=O)c1ccc2[nH]c(Br)c(C3CCCCC3)c2c1. The van der Waals surface area contributed by atoms with Gasteiger partial charge in [0.25, 0.3) is 0 Å². The first-order valence-corrected chi connectivity index (χ1v) is 7.89. The summed E-state index contributed by atoms with van der Waals surface area (Å²) < 4.78 is 5.87. The molecule has 0 radical (unpaired) electrons. The van der Waals surface area contributed by atoms with Crippen molar-refractivity contribution in [2.45, 2.75) is 38.0 Å². The summed E-state index contributed by atoms with van der Waals surface area (Å²) in [7, 11) is 1.42. The summed E-state index contributed by atoms with van der Waals surface area (Å²) >= 11 is 3.65. The summed E-state index contributed by atoms with van der Waals surface area (Å²) in [6.07, 6.45) is 6.38. The Hall–Kier alpha value is -1.29. The molecule has 1 heterocycles. The Bertz CT molecular complexity index is 641. The van der Waals surface area contributed by atoms with Crippen molar-refractivity contribution in [1.29, 1.82) is 0 Å². The van der Waals surface area contributed by atoms with E-state index in [1.54, 1.807) is 0 Å². The van der Waals surface area contributed by atoms with E-state index < -0.39 is 0 Å². The largest absolute Gasteiger partial charge is 0.465 e. The van der Waals surface area contributed by atoms with E-state index in [9.17, 15) is 4.79 Å². The van der Waals surface area contributed by atoms with Crippen LogP contribution in [0, 0.1) is 0 Å². The van der Waals surface area contributed by atoms with E-state index in [4.69, 9.17) is 4.74 Å². The quantitative estimate of drug-likeness (QED) is 0.803. The summed E-state index contributed by atoms with van der Waals surface area (Å²) in [6, 6.07) is 5.72. The molecule has 106 valence electrons. The van der Waals surface area contributed by atoms with Gasteiger partial charge in [-0.3, -0.25) is 0 Å². The van der Waals surface area contributed by atoms with E-state index in [0.717, 1.165) is 15.5 Å². The molecule has 3 nitrogen and oxygen atoms in total. The van der Waals surface area contributed by atoms with Gasteiger partial charge in [0.05, 0.1) is 17.3 Å². The Labute approximate surface area is 126 Å². The molecule has 0 bridgehead atoms. The number of ether oxygens (including phenoxy) is 1. The number of hydrogen-bond acceptors (Lipinski definition) is 2. The van der Waals surface area contributed by atoms with Gasteiger partial charge in [-0.05, 0) is 58.5 Å². The number of halogens is 1. The van der Waals surface area contributed by atoms with Gasteiger partial charge in [-0.25, -0.2) is 4.79 Å². The second-order valence-corrected chi connectivity index (χ2v) is 6.23. The number of rotatable bonds is 2. The van der Waals surface area contributed by atoms with E-state index in [1.165, 1.54) is 44.8 Å². The van der Waals surface area contributed by atoms with Crippen molar-refractivity contribution in [2.24, 2.45) is 0 Å². The standard InChI is InChI=1S/C16H18BrNO2/c1-20-16(19)11-7-8-13-12(9-11)14(15(17)18-13)10-5-3-2-4-6-10/h7-10,18H,2-6H2,1H3. The third-order valence-corrected chi connectivity index (χ3v) is 4.85. The molecule has 0 spiro atoms. The summed E-state index contributed by atoms with van der Waals surface area (Å²) in [5, 5.41) is 1.15. The number of esters is 1. The van der Waals surface area contributed by atoms with Gasteiger partial charge in [-0.1, -0.05) is 19.3 Å². The van der Waals surface area contributed by atoms with Crippen LogP contribution in [0.5, 0.6) is 0 Å². The van der Waals surface area contributed by atoms with Crippen molar-refractivity contribution >= 4 is 32.8 Å². The molecule has 1 fully saturated rings. The van der Waals surface area contributed by atoms with Crippen LogP contribution in [0.4, 0.5) is 0 Å². The summed E-state index contributed by atoms with van der Waals surface area (Å²) in [4.78, 5) is 15.1. The van der Waals surface area contributed by atoms with Crippen LogP contribution >= 0.6 is 15.9 Å². The highest BCUT2D eigenvalue weighted by Gasteiger charge is 2.22. The lowest BCUT2D eigenvalue weighted by Gasteiger charge is -2.21. The maximum absolute atomic E-state index is 11.7. The minimum absolute atomic E-state index is 0.279. The highest BCUT2D eigenvalue weighted by molar-refractivity contribution is 9.10. The van der Waals surface area contributed by atoms with Gasteiger partial charge in [0.2, 0.25) is 0 Å². The molecular weight excluding hydrogens is 318 g/mol. The normalized spacial score (nSPS) is 16.5. The lowest BCUT2D eigenvalue weighted by molar-refractivity contribution is 0.0601. The second kappa shape index (κ2) is 5.60. The van der Waals surface area contributed by atoms with Crippen LogP contribution in [0.1, 0.15) is 53.9 Å². The smallest absolute Gasteiger partial charge is 0.337 e. The van der Waals surface area contributed by atoms with Gasteiger partial charge < -0.3 is 9.72 Å². The number of aromatic nitrogens is 1. The Balaban J connectivity index is 2.09. The molecule has 1 saturated carbocycles. The first-order chi connectivity index (χ1) is 9.70. The van der Waals surface area contributed by atoms with E-state index >= 15 is 0 Å². The third-order valence-electron chi connectivity index (χ3n) is 4.23. The monoisotopic (exact) mass is 335 g/mol. The Morgan fingerprint density at radius 3 is 2.75 bits per heavy atom. The van der Waals surface area contributed by atoms with Crippen LogP contribution in [-0.4, -0.2) is 18.1 Å². The molecule has 0 atom stereocenters. The van der Waals surface area contributed by atoms with Crippen LogP contribution in [0.2, 0.25) is 0 Å². The van der Waals surface area contributed by atoms with Gasteiger partial charge >= 0.3 is 5.97 Å². The topological polar surface area (TPSA) is 42.1 Å². The molecule has 1 aromatic carbocycles. The van der Waals surface area contributed by atoms with Crippen LogP contribution in [0.3, 0.4) is 0 Å². The third kappa shape index (κ3) is 2.37. The lowest BCUT2D eigenvalue weighted by Crippen LogP contribution is -2.05. The fourth-order valence-electron chi connectivity index (χ4n) is 3.22. The number of nitrogens with one attached hydrogen (secondary N) is 1. The highest BCUT2D eigenvalue weighted by atomic mass is 79.9. The fourth-order valence-corrected chi connectivity index (χ4v) is 3.97. The maximum Gasteiger partial charge on any atom is 0.337 e. The first kappa shape index (κ1) is 13.7. The van der Waals surface area contributed by atoms with Gasteiger partial charge in [-0.15, -0.1) is 0 Å². The van der Waals surface area contributed by atoms with E-state index in [2.05, 4.69) is 20.9 Å². The highest BCUT2D eigenvalue weighted by Crippen LogP contribution is 2.40. The molecule has 1 N–H and O–H groups in total. The predicted molar refractivity (Wildman–Crippen MR) is 83.2 cm³/mol. The number of fused-ring (bicyclic) bond motifs is 1. The number of H-pyrrole nitrogens is 1. The molecular formula is C16H18BrNO2. The van der Waals surface area contributed by atoms with E-state index in [0.29, 0.717) is 11.5 Å². The van der Waals surface area contributed by atoms with Crippen LogP contribution in [0.25, 0.3) is 10.9 Å². The number of aromatic amines is 1. The van der Waals surface area contributed by atoms with Crippen molar-refractivity contribution in [3.05, 3.63) is 33.9 Å². The average Bonchev–Trinajstić information content (AvgIpc) is 2.82. The van der Waals surface area contributed by atoms with Crippen molar-refractivity contribution in [2.75, 3.05) is 7.11 Å². The summed E-state index contributed by atoms with van der Waals surface area (Å²) in [5.41, 5.74) is 3.01. The summed E-state index contributed by atoms with van der Waals surface area (Å²) in [5.74, 6) is 0.304. The molecule has 0 aliphatic heterocycles. The van der Waals surface area contributed by atoms with Gasteiger partial charge in [-0.2, -0.15) is 0 Å². The zero-order valence-electron chi connectivity index (χ0n) is 11.5. The zero-order chi connectivity index (χ0) is 14.1. The molecule has 0 saturated heterocycles. The van der Waals surface area contributed by atoms with E-state index in [1.807, 2.05) is 18.2 Å². The number of benzene rings is 1. The number of hydrogen-bond donors (Lipinski definition) is 1. The molecule has 20 heavy (non-hydrogen) atoms. The molecule has 0 unspecified atom stereocenters. The fraction of sp³-hybridized carbons (Fsp3) is 0.438. The number of methoxy groups -OCH3 is 1. The van der Waals surface area contributed by atoms with Gasteiger partial charge in [0, 0.05) is 10.9 Å². The number of carbonyl (C=O) groups is 1. The van der Waals surface area contributed by atoms with Crippen molar-refractivity contribution in [3.8, 4) is 0 Å². The Kier molecular flexibility index (Phi) is 3.83. The number of carbonyl (C=O) groups excluding carboxylic acids is 1. The first-order valence-electron chi connectivity index (χ1n) is 7.10. The minimum Gasteiger partial charge on any atom is -0.465 e. The Morgan fingerprint density at radius 1 is 1.30 bits per heavy atom. The van der Waals surface area contributed by atoms with Gasteiger partial charge in [0.1, 0.15) is 0 Å². The molecule has 4 heteroatoms. The van der Waals surface area contributed by atoms with Crippen molar-refractivity contribution < 1.29 is 9.53 Å². The van der Waals surface area contributed by atoms with Crippen LogP contribution < -0.4 is 0 Å². The van der Waals surface area contributed by atoms with Crippen molar-refractivity contribution in [1.82, 2.24) is 4.98 Å². The molecule has 1 aliphatic carbocycles. The summed E-state index contributed by atoms with van der Waals surface area (Å²) in [6.45, 7) is 0. The molecule has 2 aromatic rings. The predicted octanol–water partition coefficient (Wildman–Crippen LogP) is 4.76. The van der Waals surface area contributed by atoms with Crippen LogP contribution in [-0.2, 0) is 4.74 Å². The molecule has 1 aliphatic rings. The van der Waals surface area contributed by atoms with Crippen LogP contribution in [0.15, 0.2) is 22.8 Å². The maximum atomic E-state index is 11.7. The van der Waals surface area contributed by atoms with E-state index in [-0.39, 0.29) is 5.97 Å². The Morgan fingerprint density at radius 2 is 2.05 bits per heavy atom. The van der Waals surface area contributed by atoms with Gasteiger partial charge in [0.15, 0.2) is 0 Å². The minimum atomic E-state index is -0.279.